The smallest absolute Gasteiger partial charge is 0.122 e. The molecule has 1 rings (SSSR count). The van der Waals surface area contributed by atoms with Gasteiger partial charge in [0.1, 0.15) is 5.75 Å². The Morgan fingerprint density at radius 2 is 1.11 bits per heavy atom. The Kier molecular flexibility index (Phi) is 16.9. The number of aromatic hydroxyl groups is 1. The molecule has 0 aromatic heterocycles. The van der Waals surface area contributed by atoms with Crippen LogP contribution in [0.5, 0.6) is 5.75 Å². The van der Waals surface area contributed by atoms with E-state index in [1.54, 1.807) is 0 Å². The molecule has 1 unspecified atom stereocenters. The van der Waals surface area contributed by atoms with E-state index in [1.165, 1.54) is 119 Å². The molecule has 1 heteroatoms. The van der Waals surface area contributed by atoms with Gasteiger partial charge in [0.15, 0.2) is 0 Å². The fourth-order valence-electron chi connectivity index (χ4n) is 6.27. The second kappa shape index (κ2) is 18.3. The monoisotopic (exact) mass is 515 g/mol. The lowest BCUT2D eigenvalue weighted by atomic mass is 9.71. The lowest BCUT2D eigenvalue weighted by molar-refractivity contribution is 0.283. The second-order valence-electron chi connectivity index (χ2n) is 14.1. The molecule has 0 heterocycles. The molecule has 1 nitrogen and oxygen atoms in total. The highest BCUT2D eigenvalue weighted by atomic mass is 16.3. The first-order valence-corrected chi connectivity index (χ1v) is 16.4. The van der Waals surface area contributed by atoms with Gasteiger partial charge >= 0.3 is 0 Å². The van der Waals surface area contributed by atoms with Gasteiger partial charge in [-0.05, 0) is 59.1 Å². The SMILES string of the molecule is CCCCCCCCCCCCCCCCC(C)c1cc(C(C)(C)CC(C)(C)C)cc(CCCC)c1O. The van der Waals surface area contributed by atoms with Crippen molar-refractivity contribution in [1.82, 2.24) is 0 Å². The summed E-state index contributed by atoms with van der Waals surface area (Å²) in [6.07, 6.45) is 25.3. The zero-order chi connectivity index (χ0) is 27.7. The van der Waals surface area contributed by atoms with Crippen LogP contribution in [0.3, 0.4) is 0 Å². The minimum Gasteiger partial charge on any atom is -0.507 e. The van der Waals surface area contributed by atoms with Crippen LogP contribution in [0.2, 0.25) is 0 Å². The van der Waals surface area contributed by atoms with Crippen molar-refractivity contribution in [2.45, 2.75) is 189 Å². The van der Waals surface area contributed by atoms with Gasteiger partial charge < -0.3 is 5.11 Å². The summed E-state index contributed by atoms with van der Waals surface area (Å²) in [5, 5.41) is 11.2. The molecule has 0 fully saturated rings. The van der Waals surface area contributed by atoms with Crippen molar-refractivity contribution in [1.29, 1.82) is 0 Å². The van der Waals surface area contributed by atoms with Crippen LogP contribution in [0.1, 0.15) is 194 Å². The molecule has 0 bridgehead atoms. The Hall–Kier alpha value is -0.980. The number of phenolic OH excluding ortho intramolecular Hbond substituents is 1. The third-order valence-electron chi connectivity index (χ3n) is 8.29. The Morgan fingerprint density at radius 3 is 1.57 bits per heavy atom. The highest BCUT2D eigenvalue weighted by molar-refractivity contribution is 5.47. The number of phenols is 1. The van der Waals surface area contributed by atoms with Gasteiger partial charge in [-0.25, -0.2) is 0 Å². The highest BCUT2D eigenvalue weighted by Gasteiger charge is 2.29. The summed E-state index contributed by atoms with van der Waals surface area (Å²) >= 11 is 0. The second-order valence-corrected chi connectivity index (χ2v) is 14.1. The van der Waals surface area contributed by atoms with Gasteiger partial charge in [0, 0.05) is 0 Å². The summed E-state index contributed by atoms with van der Waals surface area (Å²) in [6.45, 7) is 18.7. The van der Waals surface area contributed by atoms with Gasteiger partial charge in [0.2, 0.25) is 0 Å². The molecule has 0 radical (unpaired) electrons. The van der Waals surface area contributed by atoms with Gasteiger partial charge in [0.25, 0.3) is 0 Å². The first-order valence-electron chi connectivity index (χ1n) is 16.4. The highest BCUT2D eigenvalue weighted by Crippen LogP contribution is 2.41. The first-order chi connectivity index (χ1) is 17.5. The summed E-state index contributed by atoms with van der Waals surface area (Å²) in [5.74, 6) is 1.00. The van der Waals surface area contributed by atoms with Crippen LogP contribution in [0.25, 0.3) is 0 Å². The molecule has 0 spiro atoms. The Morgan fingerprint density at radius 1 is 0.649 bits per heavy atom. The minimum atomic E-state index is 0.108. The summed E-state index contributed by atoms with van der Waals surface area (Å²) in [4.78, 5) is 0. The number of rotatable bonds is 21. The fourth-order valence-corrected chi connectivity index (χ4v) is 6.27. The maximum Gasteiger partial charge on any atom is 0.122 e. The van der Waals surface area contributed by atoms with Crippen molar-refractivity contribution in [2.24, 2.45) is 5.41 Å². The number of aryl methyl sites for hydroxylation is 1. The van der Waals surface area contributed by atoms with E-state index in [0.29, 0.717) is 11.7 Å². The van der Waals surface area contributed by atoms with E-state index < -0.39 is 0 Å². The summed E-state index contributed by atoms with van der Waals surface area (Å²) in [6, 6.07) is 4.67. The molecule has 0 aliphatic rings. The molecule has 0 aliphatic carbocycles. The van der Waals surface area contributed by atoms with E-state index in [9.17, 15) is 5.11 Å². The van der Waals surface area contributed by atoms with E-state index >= 15 is 0 Å². The maximum atomic E-state index is 11.2. The Bertz CT molecular complexity index is 708. The predicted octanol–water partition coefficient (Wildman–Crippen LogP) is 12.4. The number of unbranched alkanes of at least 4 members (excludes halogenated alkanes) is 14. The first kappa shape index (κ1) is 34.0. The average Bonchev–Trinajstić information content (AvgIpc) is 2.81. The molecule has 1 N–H and O–H groups in total. The summed E-state index contributed by atoms with van der Waals surface area (Å²) in [5.41, 5.74) is 4.17. The van der Waals surface area contributed by atoms with Crippen LogP contribution in [-0.4, -0.2) is 5.11 Å². The molecule has 216 valence electrons. The predicted molar refractivity (Wildman–Crippen MR) is 167 cm³/mol. The van der Waals surface area contributed by atoms with E-state index in [2.05, 4.69) is 67.5 Å². The quantitative estimate of drug-likeness (QED) is 0.162. The lowest BCUT2D eigenvalue weighted by Gasteiger charge is -2.34. The standard InChI is InChI=1S/C36H66O/c1-9-11-13-14-15-16-17-18-19-20-21-22-23-24-25-30(3)33-28-32(36(7,8)29-35(4,5)6)27-31(34(33)37)26-12-10-2/h27-28,30,37H,9-26,29H2,1-8H3. The van der Waals surface area contributed by atoms with Crippen molar-refractivity contribution in [3.05, 3.63) is 28.8 Å². The van der Waals surface area contributed by atoms with Crippen LogP contribution in [0.4, 0.5) is 0 Å². The van der Waals surface area contributed by atoms with E-state index in [4.69, 9.17) is 0 Å². The van der Waals surface area contributed by atoms with Crippen LogP contribution in [0, 0.1) is 5.41 Å². The zero-order valence-corrected chi connectivity index (χ0v) is 26.6. The lowest BCUT2D eigenvalue weighted by Crippen LogP contribution is -2.25. The van der Waals surface area contributed by atoms with E-state index in [0.717, 1.165) is 19.3 Å². The molecule has 0 saturated carbocycles. The molecule has 1 atom stereocenters. The number of hydrogen-bond donors (Lipinski definition) is 1. The largest absolute Gasteiger partial charge is 0.507 e. The van der Waals surface area contributed by atoms with Crippen LogP contribution < -0.4 is 0 Å². The van der Waals surface area contributed by atoms with Gasteiger partial charge in [0.05, 0.1) is 0 Å². The molecule has 0 aliphatic heterocycles. The van der Waals surface area contributed by atoms with Gasteiger partial charge in [-0.2, -0.15) is 0 Å². The molecule has 1 aromatic carbocycles. The van der Waals surface area contributed by atoms with Crippen molar-refractivity contribution in [2.75, 3.05) is 0 Å². The number of hydrogen-bond acceptors (Lipinski definition) is 1. The van der Waals surface area contributed by atoms with Crippen LogP contribution >= 0.6 is 0 Å². The zero-order valence-electron chi connectivity index (χ0n) is 26.6. The van der Waals surface area contributed by atoms with Gasteiger partial charge in [-0.15, -0.1) is 0 Å². The van der Waals surface area contributed by atoms with Crippen molar-refractivity contribution >= 4 is 0 Å². The van der Waals surface area contributed by atoms with Crippen LogP contribution in [0.15, 0.2) is 12.1 Å². The number of benzene rings is 1. The third kappa shape index (κ3) is 14.7. The van der Waals surface area contributed by atoms with Crippen molar-refractivity contribution in [3.63, 3.8) is 0 Å². The average molecular weight is 515 g/mol. The fraction of sp³-hybridized carbons (Fsp3) is 0.833. The van der Waals surface area contributed by atoms with Crippen LogP contribution in [-0.2, 0) is 11.8 Å². The molecule has 0 amide bonds. The third-order valence-corrected chi connectivity index (χ3v) is 8.29. The molecular weight excluding hydrogens is 448 g/mol. The van der Waals surface area contributed by atoms with Gasteiger partial charge in [-0.3, -0.25) is 0 Å². The van der Waals surface area contributed by atoms with Crippen molar-refractivity contribution in [3.8, 4) is 5.75 Å². The minimum absolute atomic E-state index is 0.108. The topological polar surface area (TPSA) is 20.2 Å². The molecular formula is C36H66O. The Labute approximate surface area is 233 Å². The van der Waals surface area contributed by atoms with E-state index in [1.807, 2.05) is 0 Å². The maximum absolute atomic E-state index is 11.2. The molecule has 0 saturated heterocycles. The van der Waals surface area contributed by atoms with Crippen molar-refractivity contribution < 1.29 is 5.11 Å². The Balaban J connectivity index is 2.50. The van der Waals surface area contributed by atoms with E-state index in [-0.39, 0.29) is 10.8 Å². The molecule has 37 heavy (non-hydrogen) atoms. The normalized spacial score (nSPS) is 13.3. The summed E-state index contributed by atoms with van der Waals surface area (Å²) < 4.78 is 0. The molecule has 1 aromatic rings. The van der Waals surface area contributed by atoms with Gasteiger partial charge in [-0.1, -0.05) is 164 Å². The summed E-state index contributed by atoms with van der Waals surface area (Å²) in [7, 11) is 0.